The van der Waals surface area contributed by atoms with E-state index in [4.69, 9.17) is 9.84 Å². The third-order valence-corrected chi connectivity index (χ3v) is 4.04. The van der Waals surface area contributed by atoms with E-state index in [9.17, 15) is 19.5 Å². The molecule has 3 atom stereocenters. The Morgan fingerprint density at radius 3 is 2.57 bits per heavy atom. The Kier molecular flexibility index (Phi) is 4.66. The van der Waals surface area contributed by atoms with Crippen molar-refractivity contribution >= 4 is 18.0 Å². The Bertz CT molecular complexity index is 440. The molecule has 0 spiro atoms. The normalized spacial score (nSPS) is 29.3. The number of aliphatic carboxylic acids is 1. The minimum Gasteiger partial charge on any atom is -0.480 e. The zero-order chi connectivity index (χ0) is 15.6. The third kappa shape index (κ3) is 3.26. The van der Waals surface area contributed by atoms with Gasteiger partial charge in [0.2, 0.25) is 0 Å². The van der Waals surface area contributed by atoms with Crippen molar-refractivity contribution in [2.24, 2.45) is 5.92 Å². The molecule has 0 aromatic rings. The number of methoxy groups -OCH3 is 1. The van der Waals surface area contributed by atoms with E-state index in [-0.39, 0.29) is 31.4 Å². The Morgan fingerprint density at radius 1 is 1.24 bits per heavy atom. The van der Waals surface area contributed by atoms with Crippen LogP contribution in [0.3, 0.4) is 0 Å². The predicted molar refractivity (Wildman–Crippen MR) is 70.5 cm³/mol. The molecule has 0 radical (unpaired) electrons. The Labute approximate surface area is 122 Å². The van der Waals surface area contributed by atoms with Crippen molar-refractivity contribution < 1.29 is 29.3 Å². The summed E-state index contributed by atoms with van der Waals surface area (Å²) >= 11 is 0. The van der Waals surface area contributed by atoms with Gasteiger partial charge in [0.1, 0.15) is 6.04 Å². The number of carboxylic acids is 1. The van der Waals surface area contributed by atoms with Crippen LogP contribution in [0.15, 0.2) is 0 Å². The van der Waals surface area contributed by atoms with Gasteiger partial charge in [-0.3, -0.25) is 4.79 Å². The van der Waals surface area contributed by atoms with Crippen molar-refractivity contribution in [3.63, 3.8) is 0 Å². The van der Waals surface area contributed by atoms with E-state index in [0.29, 0.717) is 19.4 Å². The van der Waals surface area contributed by atoms with Crippen molar-refractivity contribution in [2.45, 2.75) is 31.4 Å². The molecule has 21 heavy (non-hydrogen) atoms. The predicted octanol–water partition coefficient (Wildman–Crippen LogP) is -0.489. The number of aliphatic hydroxyl groups excluding tert-OH is 1. The summed E-state index contributed by atoms with van der Waals surface area (Å²) in [5.74, 6) is -1.85. The molecule has 2 rings (SSSR count). The van der Waals surface area contributed by atoms with E-state index in [1.807, 2.05) is 0 Å². The van der Waals surface area contributed by atoms with Gasteiger partial charge in [-0.2, -0.15) is 0 Å². The van der Waals surface area contributed by atoms with Gasteiger partial charge in [-0.15, -0.1) is 0 Å². The van der Waals surface area contributed by atoms with Crippen molar-refractivity contribution in [3.05, 3.63) is 0 Å². The van der Waals surface area contributed by atoms with Crippen LogP contribution in [0, 0.1) is 5.92 Å². The molecule has 8 heteroatoms. The lowest BCUT2D eigenvalue weighted by molar-refractivity contribution is -0.147. The van der Waals surface area contributed by atoms with Gasteiger partial charge in [0.25, 0.3) is 0 Å². The molecule has 0 bridgehead atoms. The maximum atomic E-state index is 12.4. The fraction of sp³-hybridized carbons (Fsp3) is 0.769. The topological polar surface area (TPSA) is 107 Å². The molecule has 2 N–H and O–H groups in total. The second-order valence-electron chi connectivity index (χ2n) is 5.49. The van der Waals surface area contributed by atoms with Crippen molar-refractivity contribution in [2.75, 3.05) is 26.7 Å². The Morgan fingerprint density at radius 2 is 1.95 bits per heavy atom. The highest BCUT2D eigenvalue weighted by Gasteiger charge is 2.41. The molecule has 0 aromatic heterocycles. The average Bonchev–Trinajstić information content (AvgIpc) is 2.88. The number of carboxylic acid groups (broad SMARTS) is 1. The first-order chi connectivity index (χ1) is 9.93. The van der Waals surface area contributed by atoms with Gasteiger partial charge in [0.05, 0.1) is 19.1 Å². The van der Waals surface area contributed by atoms with Crippen LogP contribution in [-0.2, 0) is 14.3 Å². The first-order valence-corrected chi connectivity index (χ1v) is 6.98. The quantitative estimate of drug-likeness (QED) is 0.666. The van der Waals surface area contributed by atoms with Crippen LogP contribution in [0.25, 0.3) is 0 Å². The van der Waals surface area contributed by atoms with Gasteiger partial charge in [-0.05, 0) is 12.8 Å². The molecule has 1 unspecified atom stereocenters. The molecule has 118 valence electrons. The number of likely N-dealkylation sites (tertiary alicyclic amines) is 2. The third-order valence-electron chi connectivity index (χ3n) is 4.04. The van der Waals surface area contributed by atoms with Crippen LogP contribution >= 0.6 is 0 Å². The molecule has 0 aromatic carbocycles. The summed E-state index contributed by atoms with van der Waals surface area (Å²) in [5, 5.41) is 18.7. The molecule has 2 amide bonds. The molecule has 2 aliphatic rings. The van der Waals surface area contributed by atoms with Crippen molar-refractivity contribution in [3.8, 4) is 0 Å². The number of amides is 2. The largest absolute Gasteiger partial charge is 0.480 e. The lowest BCUT2D eigenvalue weighted by Gasteiger charge is -2.35. The summed E-state index contributed by atoms with van der Waals surface area (Å²) in [7, 11) is 1.31. The number of hydrogen-bond donors (Lipinski definition) is 2. The van der Waals surface area contributed by atoms with E-state index in [1.54, 1.807) is 0 Å². The highest BCUT2D eigenvalue weighted by molar-refractivity contribution is 5.84. The van der Waals surface area contributed by atoms with Crippen LogP contribution in [0.1, 0.15) is 19.3 Å². The monoisotopic (exact) mass is 300 g/mol. The number of piperidine rings is 1. The number of carbonyl (C=O) groups is 3. The number of β-amino-alcohol motifs (C(OH)–C–C–N with tert-alkyl or cyclic N) is 1. The number of ether oxygens (including phenoxy) is 1. The van der Waals surface area contributed by atoms with Gasteiger partial charge in [0.15, 0.2) is 0 Å². The SMILES string of the molecule is COC(=O)C1CCCN(C(=O)N2C[C@H](O)C[C@H]2C(=O)O)C1. The highest BCUT2D eigenvalue weighted by atomic mass is 16.5. The van der Waals surface area contributed by atoms with E-state index in [2.05, 4.69) is 0 Å². The zero-order valence-electron chi connectivity index (χ0n) is 11.9. The van der Waals surface area contributed by atoms with Gasteiger partial charge >= 0.3 is 18.0 Å². The summed E-state index contributed by atoms with van der Waals surface area (Å²) in [4.78, 5) is 37.8. The van der Waals surface area contributed by atoms with Crippen LogP contribution in [0.4, 0.5) is 4.79 Å². The van der Waals surface area contributed by atoms with Crippen LogP contribution in [0.5, 0.6) is 0 Å². The summed E-state index contributed by atoms with van der Waals surface area (Å²) in [5.41, 5.74) is 0. The number of rotatable bonds is 2. The van der Waals surface area contributed by atoms with Crippen molar-refractivity contribution in [1.82, 2.24) is 9.80 Å². The molecule has 0 saturated carbocycles. The van der Waals surface area contributed by atoms with Gasteiger partial charge in [-0.25, -0.2) is 9.59 Å². The average molecular weight is 300 g/mol. The maximum absolute atomic E-state index is 12.4. The number of carbonyl (C=O) groups excluding carboxylic acids is 2. The fourth-order valence-corrected chi connectivity index (χ4v) is 2.95. The van der Waals surface area contributed by atoms with E-state index < -0.39 is 24.1 Å². The Hall–Kier alpha value is -1.83. The summed E-state index contributed by atoms with van der Waals surface area (Å²) < 4.78 is 4.70. The smallest absolute Gasteiger partial charge is 0.326 e. The number of urea groups is 1. The number of esters is 1. The number of nitrogens with zero attached hydrogens (tertiary/aromatic N) is 2. The molecule has 8 nitrogen and oxygen atoms in total. The van der Waals surface area contributed by atoms with Crippen molar-refractivity contribution in [1.29, 1.82) is 0 Å². The lowest BCUT2D eigenvalue weighted by Crippen LogP contribution is -2.52. The lowest BCUT2D eigenvalue weighted by atomic mass is 9.98. The second-order valence-corrected chi connectivity index (χ2v) is 5.49. The van der Waals surface area contributed by atoms with Gasteiger partial charge < -0.3 is 24.7 Å². The van der Waals surface area contributed by atoms with E-state index in [0.717, 1.165) is 0 Å². The molecular weight excluding hydrogens is 280 g/mol. The maximum Gasteiger partial charge on any atom is 0.326 e. The van der Waals surface area contributed by atoms with E-state index >= 15 is 0 Å². The first-order valence-electron chi connectivity index (χ1n) is 6.98. The number of aliphatic hydroxyl groups is 1. The summed E-state index contributed by atoms with van der Waals surface area (Å²) in [6, 6.07) is -1.45. The van der Waals surface area contributed by atoms with Crippen LogP contribution in [-0.4, -0.2) is 76.9 Å². The van der Waals surface area contributed by atoms with Crippen LogP contribution in [0.2, 0.25) is 0 Å². The van der Waals surface area contributed by atoms with Gasteiger partial charge in [0, 0.05) is 26.1 Å². The zero-order valence-corrected chi connectivity index (χ0v) is 11.9. The van der Waals surface area contributed by atoms with Crippen LogP contribution < -0.4 is 0 Å². The molecule has 2 fully saturated rings. The minimum absolute atomic E-state index is 0.00912. The Balaban J connectivity index is 2.05. The summed E-state index contributed by atoms with van der Waals surface area (Å²) in [6.45, 7) is 0.713. The van der Waals surface area contributed by atoms with Gasteiger partial charge in [-0.1, -0.05) is 0 Å². The fourth-order valence-electron chi connectivity index (χ4n) is 2.95. The highest BCUT2D eigenvalue weighted by Crippen LogP contribution is 2.24. The molecule has 2 aliphatic heterocycles. The number of hydrogen-bond acceptors (Lipinski definition) is 5. The molecule has 0 aliphatic carbocycles. The molecular formula is C13H20N2O6. The minimum atomic E-state index is -1.12. The second kappa shape index (κ2) is 6.30. The molecule has 2 heterocycles. The first kappa shape index (κ1) is 15.6. The summed E-state index contributed by atoms with van der Waals surface area (Å²) in [6.07, 6.45) is 0.535. The molecule has 2 saturated heterocycles. The standard InChI is InChI=1S/C13H20N2O6/c1-21-12(19)8-3-2-4-14(6-8)13(20)15-7-9(16)5-10(15)11(17)18/h8-10,16H,2-7H2,1H3,(H,17,18)/t8?,9-,10+/m1/s1. The van der Waals surface area contributed by atoms with E-state index in [1.165, 1.54) is 16.9 Å².